The normalized spacial score (nSPS) is 10.2. The van der Waals surface area contributed by atoms with E-state index in [0.29, 0.717) is 13.0 Å². The molecule has 0 aliphatic carbocycles. The number of guanidine groups is 1. The van der Waals surface area contributed by atoms with E-state index in [1.807, 2.05) is 58.8 Å². The average Bonchev–Trinajstić information content (AvgIpc) is 2.07. The standard InChI is InChI=1S/C12H25N3O2.HI/c1-12(2,3)17-10(16)8-9-13-11(14(4)5)15(6)7;/h8-9H2,1-7H3;1H. The van der Waals surface area contributed by atoms with Gasteiger partial charge in [0, 0.05) is 28.2 Å². The molecular weight excluding hydrogens is 345 g/mol. The average molecular weight is 371 g/mol. The van der Waals surface area contributed by atoms with Gasteiger partial charge in [-0.3, -0.25) is 9.79 Å². The summed E-state index contributed by atoms with van der Waals surface area (Å²) >= 11 is 0. The Morgan fingerprint density at radius 3 is 1.89 bits per heavy atom. The molecule has 0 fully saturated rings. The zero-order valence-corrected chi connectivity index (χ0v) is 14.8. The Morgan fingerprint density at radius 2 is 1.56 bits per heavy atom. The number of hydrogen-bond donors (Lipinski definition) is 0. The third-order valence-corrected chi connectivity index (χ3v) is 1.79. The summed E-state index contributed by atoms with van der Waals surface area (Å²) in [4.78, 5) is 19.6. The molecule has 0 radical (unpaired) electrons. The minimum Gasteiger partial charge on any atom is -0.460 e. The van der Waals surface area contributed by atoms with Gasteiger partial charge in [-0.15, -0.1) is 24.0 Å². The molecule has 0 aromatic rings. The highest BCUT2D eigenvalue weighted by molar-refractivity contribution is 14.0. The van der Waals surface area contributed by atoms with Crippen molar-refractivity contribution < 1.29 is 9.53 Å². The van der Waals surface area contributed by atoms with E-state index in [2.05, 4.69) is 4.99 Å². The van der Waals surface area contributed by atoms with Gasteiger partial charge in [0.05, 0.1) is 13.0 Å². The van der Waals surface area contributed by atoms with Crippen LogP contribution in [0.3, 0.4) is 0 Å². The first-order valence-corrected chi connectivity index (χ1v) is 5.74. The van der Waals surface area contributed by atoms with E-state index >= 15 is 0 Å². The topological polar surface area (TPSA) is 45.1 Å². The van der Waals surface area contributed by atoms with Gasteiger partial charge in [0.2, 0.25) is 0 Å². The summed E-state index contributed by atoms with van der Waals surface area (Å²) in [5.74, 6) is 0.631. The summed E-state index contributed by atoms with van der Waals surface area (Å²) in [5, 5.41) is 0. The van der Waals surface area contributed by atoms with Gasteiger partial charge >= 0.3 is 5.97 Å². The second-order valence-corrected chi connectivity index (χ2v) is 5.31. The van der Waals surface area contributed by atoms with E-state index < -0.39 is 5.60 Å². The van der Waals surface area contributed by atoms with Crippen LogP contribution in [0.1, 0.15) is 27.2 Å². The van der Waals surface area contributed by atoms with Crippen LogP contribution in [-0.4, -0.2) is 62.1 Å². The fraction of sp³-hybridized carbons (Fsp3) is 0.833. The molecule has 0 aliphatic heterocycles. The Bertz CT molecular complexity index is 274. The zero-order valence-electron chi connectivity index (χ0n) is 12.5. The third-order valence-electron chi connectivity index (χ3n) is 1.79. The second-order valence-electron chi connectivity index (χ2n) is 5.31. The quantitative estimate of drug-likeness (QED) is 0.329. The van der Waals surface area contributed by atoms with Crippen molar-refractivity contribution in [2.24, 2.45) is 4.99 Å². The van der Waals surface area contributed by atoms with Crippen LogP contribution in [0.25, 0.3) is 0 Å². The summed E-state index contributed by atoms with van der Waals surface area (Å²) in [5.41, 5.74) is -0.424. The molecule has 6 heteroatoms. The van der Waals surface area contributed by atoms with Crippen molar-refractivity contribution in [1.82, 2.24) is 9.80 Å². The lowest BCUT2D eigenvalue weighted by atomic mass is 10.2. The first-order valence-electron chi connectivity index (χ1n) is 5.74. The predicted molar refractivity (Wildman–Crippen MR) is 85.6 cm³/mol. The number of ether oxygens (including phenoxy) is 1. The number of carbonyl (C=O) groups excluding carboxylic acids is 1. The lowest BCUT2D eigenvalue weighted by molar-refractivity contribution is -0.154. The van der Waals surface area contributed by atoms with Gasteiger partial charge in [0.25, 0.3) is 0 Å². The first-order chi connectivity index (χ1) is 7.63. The van der Waals surface area contributed by atoms with Crippen LogP contribution in [0, 0.1) is 0 Å². The van der Waals surface area contributed by atoms with Gasteiger partial charge in [0.15, 0.2) is 5.96 Å². The number of hydrogen-bond acceptors (Lipinski definition) is 3. The number of esters is 1. The number of carbonyl (C=O) groups is 1. The van der Waals surface area contributed by atoms with E-state index in [1.165, 1.54) is 0 Å². The van der Waals surface area contributed by atoms with E-state index in [0.717, 1.165) is 5.96 Å². The molecule has 0 aromatic carbocycles. The fourth-order valence-electron chi connectivity index (χ4n) is 1.32. The van der Waals surface area contributed by atoms with Crippen molar-refractivity contribution in [2.45, 2.75) is 32.8 Å². The number of rotatable bonds is 3. The van der Waals surface area contributed by atoms with Crippen LogP contribution in [0.5, 0.6) is 0 Å². The van der Waals surface area contributed by atoms with Crippen molar-refractivity contribution in [3.63, 3.8) is 0 Å². The molecule has 0 saturated heterocycles. The molecule has 0 bridgehead atoms. The second kappa shape index (κ2) is 8.55. The molecule has 18 heavy (non-hydrogen) atoms. The molecular formula is C12H26IN3O2. The third kappa shape index (κ3) is 9.49. The molecule has 0 aromatic heterocycles. The summed E-state index contributed by atoms with van der Waals surface area (Å²) in [6, 6.07) is 0. The molecule has 0 aliphatic rings. The van der Waals surface area contributed by atoms with E-state index in [-0.39, 0.29) is 29.9 Å². The lowest BCUT2D eigenvalue weighted by Gasteiger charge is -2.23. The van der Waals surface area contributed by atoms with Crippen LogP contribution < -0.4 is 0 Å². The van der Waals surface area contributed by atoms with Gasteiger partial charge in [-0.25, -0.2) is 0 Å². The summed E-state index contributed by atoms with van der Waals surface area (Å²) in [6.07, 6.45) is 0.308. The Kier molecular flexibility index (Phi) is 9.41. The number of aliphatic imine (C=N–C) groups is 1. The van der Waals surface area contributed by atoms with E-state index in [9.17, 15) is 4.79 Å². The molecule has 0 saturated carbocycles. The van der Waals surface area contributed by atoms with Crippen molar-refractivity contribution in [1.29, 1.82) is 0 Å². The van der Waals surface area contributed by atoms with E-state index in [1.54, 1.807) is 0 Å². The van der Waals surface area contributed by atoms with Crippen LogP contribution in [-0.2, 0) is 9.53 Å². The van der Waals surface area contributed by atoms with Crippen LogP contribution in [0.15, 0.2) is 4.99 Å². The number of halogens is 1. The molecule has 0 heterocycles. The highest BCUT2D eigenvalue weighted by Crippen LogP contribution is 2.08. The summed E-state index contributed by atoms with van der Waals surface area (Å²) in [7, 11) is 7.69. The Hall–Kier alpha value is -0.530. The Balaban J connectivity index is 0. The highest BCUT2D eigenvalue weighted by Gasteiger charge is 2.15. The zero-order chi connectivity index (χ0) is 13.6. The lowest BCUT2D eigenvalue weighted by Crippen LogP contribution is -2.35. The maximum absolute atomic E-state index is 11.5. The Labute approximate surface area is 128 Å². The van der Waals surface area contributed by atoms with Crippen molar-refractivity contribution >= 4 is 35.9 Å². The predicted octanol–water partition coefficient (Wildman–Crippen LogP) is 1.82. The molecule has 0 spiro atoms. The van der Waals surface area contributed by atoms with Gasteiger partial charge in [-0.2, -0.15) is 0 Å². The molecule has 0 amide bonds. The molecule has 0 rings (SSSR count). The van der Waals surface area contributed by atoms with Crippen LogP contribution in [0.4, 0.5) is 0 Å². The van der Waals surface area contributed by atoms with Gasteiger partial charge in [-0.05, 0) is 20.8 Å². The maximum atomic E-state index is 11.5. The van der Waals surface area contributed by atoms with Crippen molar-refractivity contribution in [3.05, 3.63) is 0 Å². The molecule has 0 N–H and O–H groups in total. The molecule has 0 atom stereocenters. The van der Waals surface area contributed by atoms with Crippen LogP contribution in [0.2, 0.25) is 0 Å². The smallest absolute Gasteiger partial charge is 0.308 e. The monoisotopic (exact) mass is 371 g/mol. The van der Waals surface area contributed by atoms with E-state index in [4.69, 9.17) is 4.74 Å². The highest BCUT2D eigenvalue weighted by atomic mass is 127. The largest absolute Gasteiger partial charge is 0.460 e. The van der Waals surface area contributed by atoms with Gasteiger partial charge in [0.1, 0.15) is 5.60 Å². The van der Waals surface area contributed by atoms with Gasteiger partial charge in [-0.1, -0.05) is 0 Å². The van der Waals surface area contributed by atoms with Gasteiger partial charge < -0.3 is 14.5 Å². The van der Waals surface area contributed by atoms with Crippen LogP contribution >= 0.6 is 24.0 Å². The molecule has 108 valence electrons. The first kappa shape index (κ1) is 19.8. The maximum Gasteiger partial charge on any atom is 0.308 e. The molecule has 0 unspecified atom stereocenters. The minimum atomic E-state index is -0.424. The van der Waals surface area contributed by atoms with Crippen molar-refractivity contribution in [2.75, 3.05) is 34.7 Å². The minimum absolute atomic E-state index is 0. The SMILES string of the molecule is CN(C)C(=NCCC(=O)OC(C)(C)C)N(C)C.I. The molecule has 5 nitrogen and oxygen atoms in total. The Morgan fingerprint density at radius 1 is 1.11 bits per heavy atom. The fourth-order valence-corrected chi connectivity index (χ4v) is 1.32. The van der Waals surface area contributed by atoms with Crippen molar-refractivity contribution in [3.8, 4) is 0 Å². The summed E-state index contributed by atoms with van der Waals surface area (Å²) < 4.78 is 5.21. The number of nitrogens with zero attached hydrogens (tertiary/aromatic N) is 3. The summed E-state index contributed by atoms with van der Waals surface area (Å²) in [6.45, 7) is 6.03.